The number of rotatable bonds is 8. The molecule has 0 aliphatic heterocycles. The first kappa shape index (κ1) is 83.4. The molecular weight excluding hydrogens is 1230 g/mol. The van der Waals surface area contributed by atoms with Crippen molar-refractivity contribution in [3.8, 4) is 46.0 Å². The first-order valence-electron chi connectivity index (χ1n) is 23.2. The van der Waals surface area contributed by atoms with Crippen LogP contribution >= 0.6 is 0 Å². The Kier molecular flexibility index (Phi) is 50.3. The molecule has 82 heavy (non-hydrogen) atoms. The number of benzene rings is 8. The van der Waals surface area contributed by atoms with Crippen LogP contribution in [-0.4, -0.2) is 85.9 Å². The Hall–Kier alpha value is -7.39. The monoisotopic (exact) mass is 1290 g/mol. The summed E-state index contributed by atoms with van der Waals surface area (Å²) in [6, 6.07) is 46.3. The van der Waals surface area contributed by atoms with Gasteiger partial charge < -0.3 is 66.4 Å². The Bertz CT molecular complexity index is 2700. The van der Waals surface area contributed by atoms with E-state index in [2.05, 4.69) is 20.0 Å². The van der Waals surface area contributed by atoms with Crippen LogP contribution in [0.2, 0.25) is 0 Å². The van der Waals surface area contributed by atoms with Gasteiger partial charge in [-0.1, -0.05) is 191 Å². The number of para-hydroxylation sites is 4. The van der Waals surface area contributed by atoms with Gasteiger partial charge in [0.2, 0.25) is 0 Å². The van der Waals surface area contributed by atoms with Gasteiger partial charge in [-0.3, -0.25) is 20.0 Å². The second kappa shape index (κ2) is 49.4. The van der Waals surface area contributed by atoms with Gasteiger partial charge in [0.25, 0.3) is 0 Å². The fraction of sp³-hybridized carbons (Fsp3) is 0.148. The molecule has 0 saturated carbocycles. The molecule has 0 radical (unpaired) electrons. The van der Waals surface area contributed by atoms with E-state index in [0.717, 1.165) is 57.8 Å². The molecule has 0 aliphatic rings. The van der Waals surface area contributed by atoms with E-state index >= 15 is 0 Å². The second-order valence-corrected chi connectivity index (χ2v) is 15.1. The fourth-order valence-electron chi connectivity index (χ4n) is 5.82. The SMILES string of the molecule is CO.CO.CO.CO.CO.Cc1ccc(N=Cc2ccccc2[O-])c([O-])c1.Cc1ccc(N=Cc2ccccc2[O-])c([O-])c1.Cc1ccc(N=Cc2ccccc2[O-])c([O-])c1.Cc1ccc(N=Cc2ccccc2[O-])c([O-])c1.[Ni+2].[Ni+2].[Ni+2].[Ni+2]. The minimum Gasteiger partial charge on any atom is -0.872 e. The van der Waals surface area contributed by atoms with Crippen LogP contribution in [0.15, 0.2) is 190 Å². The summed E-state index contributed by atoms with van der Waals surface area (Å²) in [6.07, 6.45) is 5.70. The molecule has 5 N–H and O–H groups in total. The summed E-state index contributed by atoms with van der Waals surface area (Å²) in [5.41, 5.74) is 6.91. The predicted molar refractivity (Wildman–Crippen MR) is 296 cm³/mol. The van der Waals surface area contributed by atoms with Crippen molar-refractivity contribution in [2.24, 2.45) is 20.0 Å². The Balaban J connectivity index is -0.000000300. The molecule has 8 rings (SSSR count). The van der Waals surface area contributed by atoms with Gasteiger partial charge in [0.15, 0.2) is 0 Å². The van der Waals surface area contributed by atoms with Crippen LogP contribution in [0.1, 0.15) is 44.5 Å². The largest absolute Gasteiger partial charge is 2.00 e. The van der Waals surface area contributed by atoms with Crippen LogP contribution in [0.5, 0.6) is 46.0 Å². The molecule has 17 nitrogen and oxygen atoms in total. The van der Waals surface area contributed by atoms with Crippen molar-refractivity contribution < 1.29 is 132 Å². The normalized spacial score (nSPS) is 9.39. The Morgan fingerprint density at radius 2 is 0.402 bits per heavy atom. The zero-order valence-electron chi connectivity index (χ0n) is 46.0. The van der Waals surface area contributed by atoms with Gasteiger partial charge in [-0.25, -0.2) is 0 Å². The van der Waals surface area contributed by atoms with Crippen LogP contribution in [0, 0.1) is 27.7 Å². The number of aryl methyl sites for hydroxylation is 4. The zero-order chi connectivity index (χ0) is 59.0. The van der Waals surface area contributed by atoms with Gasteiger partial charge in [0.05, 0.1) is 22.7 Å². The minimum atomic E-state index is -0.135. The molecule has 0 fully saturated rings. The first-order valence-corrected chi connectivity index (χ1v) is 23.2. The van der Waals surface area contributed by atoms with Crippen LogP contribution in [-0.2, 0) is 66.0 Å². The van der Waals surface area contributed by atoms with E-state index in [1.54, 1.807) is 97.1 Å². The smallest absolute Gasteiger partial charge is 0.872 e. The van der Waals surface area contributed by atoms with Crippen molar-refractivity contribution in [3.05, 3.63) is 214 Å². The molecule has 446 valence electrons. The third-order valence-corrected chi connectivity index (χ3v) is 9.51. The van der Waals surface area contributed by atoms with E-state index in [9.17, 15) is 40.9 Å². The summed E-state index contributed by atoms with van der Waals surface area (Å²) in [4.78, 5) is 16.2. The van der Waals surface area contributed by atoms with Gasteiger partial charge in [-0.2, -0.15) is 0 Å². The third-order valence-electron chi connectivity index (χ3n) is 9.51. The van der Waals surface area contributed by atoms with Crippen LogP contribution in [0.25, 0.3) is 0 Å². The van der Waals surface area contributed by atoms with Crippen LogP contribution in [0.4, 0.5) is 22.7 Å². The molecule has 0 saturated heterocycles. The van der Waals surface area contributed by atoms with Crippen LogP contribution in [0.3, 0.4) is 0 Å². The third kappa shape index (κ3) is 31.6. The summed E-state index contributed by atoms with van der Waals surface area (Å²) in [5, 5.41) is 127. The van der Waals surface area contributed by atoms with Gasteiger partial charge in [0.1, 0.15) is 0 Å². The van der Waals surface area contributed by atoms with E-state index < -0.39 is 0 Å². The Morgan fingerprint density at radius 1 is 0.244 bits per heavy atom. The molecule has 0 heterocycles. The number of aliphatic imine (C=N–C) groups is 4. The maximum atomic E-state index is 11.6. The summed E-state index contributed by atoms with van der Waals surface area (Å²) < 4.78 is 0. The molecule has 0 aliphatic carbocycles. The van der Waals surface area contributed by atoms with Gasteiger partial charge in [0, 0.05) is 60.4 Å². The van der Waals surface area contributed by atoms with Crippen molar-refractivity contribution in [3.63, 3.8) is 0 Å². The Morgan fingerprint density at radius 3 is 0.549 bits per heavy atom. The summed E-state index contributed by atoms with van der Waals surface area (Å²) >= 11 is 0. The molecule has 0 bridgehead atoms. The summed E-state index contributed by atoms with van der Waals surface area (Å²) in [5.74, 6) is -0.943. The van der Waals surface area contributed by atoms with Crippen molar-refractivity contribution in [1.29, 1.82) is 0 Å². The van der Waals surface area contributed by atoms with Gasteiger partial charge in [-0.15, -0.1) is 23.0 Å². The van der Waals surface area contributed by atoms with Crippen molar-refractivity contribution in [2.45, 2.75) is 27.7 Å². The molecule has 0 unspecified atom stereocenters. The van der Waals surface area contributed by atoms with Crippen molar-refractivity contribution >= 4 is 47.6 Å². The van der Waals surface area contributed by atoms with E-state index in [4.69, 9.17) is 25.5 Å². The summed E-state index contributed by atoms with van der Waals surface area (Å²) in [7, 11) is 5.00. The van der Waals surface area contributed by atoms with E-state index in [1.165, 1.54) is 73.4 Å². The average molecular weight is 1300 g/mol. The molecule has 0 aromatic heterocycles. The van der Waals surface area contributed by atoms with E-state index in [0.29, 0.717) is 45.0 Å². The predicted octanol–water partition coefficient (Wildman–Crippen LogP) is 5.60. The average Bonchev–Trinajstić information content (AvgIpc) is 3.45. The second-order valence-electron chi connectivity index (χ2n) is 15.1. The maximum absolute atomic E-state index is 11.6. The van der Waals surface area contributed by atoms with Crippen LogP contribution < -0.4 is 40.9 Å². The Labute approximate surface area is 520 Å². The molecule has 8 aromatic carbocycles. The topological polar surface area (TPSA) is 335 Å². The van der Waals surface area contributed by atoms with Gasteiger partial charge >= 0.3 is 66.0 Å². The van der Waals surface area contributed by atoms with Crippen molar-refractivity contribution in [2.75, 3.05) is 35.5 Å². The quantitative estimate of drug-likeness (QED) is 0.0914. The van der Waals surface area contributed by atoms with E-state index in [1.807, 2.05) is 52.0 Å². The molecule has 0 amide bonds. The van der Waals surface area contributed by atoms with Gasteiger partial charge in [-0.05, 0) is 74.2 Å². The van der Waals surface area contributed by atoms with Crippen molar-refractivity contribution in [1.82, 2.24) is 0 Å². The summed E-state index contributed by atoms with van der Waals surface area (Å²) in [6.45, 7) is 7.40. The number of nitrogens with zero attached hydrogens (tertiary/aromatic N) is 4. The number of hydrogen-bond acceptors (Lipinski definition) is 17. The first-order chi connectivity index (χ1) is 37.7. The molecule has 21 heteroatoms. The van der Waals surface area contributed by atoms with E-state index in [-0.39, 0.29) is 112 Å². The number of hydrogen-bond donors (Lipinski definition) is 5. The standard InChI is InChI=1S/4C14H13NO2.5CH4O.4Ni/c4*1-10-6-7-12(14(17)8-10)15-9-11-4-2-3-5-13(11)16;5*1-2;;;;/h4*2-9,16-17H,1H3;5*2H,1H3;;;;/q;;;;;;;;;4*+2/p-8. The molecular formula is C61H64N4Ni4O13. The zero-order valence-corrected chi connectivity index (χ0v) is 50.0. The maximum Gasteiger partial charge on any atom is 2.00 e. The minimum absolute atomic E-state index is 0. The fourth-order valence-corrected chi connectivity index (χ4v) is 5.82. The number of aliphatic hydroxyl groups is 5. The number of aliphatic hydroxyl groups excluding tert-OH is 5. The molecule has 0 spiro atoms. The molecule has 0 atom stereocenters. The molecule has 8 aromatic rings.